The van der Waals surface area contributed by atoms with Crippen LogP contribution in [0.3, 0.4) is 0 Å². The quantitative estimate of drug-likeness (QED) is 0.861. The second-order valence-corrected chi connectivity index (χ2v) is 7.92. The zero-order valence-corrected chi connectivity index (χ0v) is 15.9. The smallest absolute Gasteiger partial charge is 0.253 e. The van der Waals surface area contributed by atoms with Gasteiger partial charge < -0.3 is 15.5 Å². The maximum Gasteiger partial charge on any atom is 0.253 e. The number of likely N-dealkylation sites (tertiary alicyclic amines) is 1. The molecular formula is C20H31N3O2. The molecule has 1 heterocycles. The zero-order chi connectivity index (χ0) is 18.4. The number of benzene rings is 1. The van der Waals surface area contributed by atoms with Crippen LogP contribution in [0.25, 0.3) is 0 Å². The minimum atomic E-state index is -0.394. The van der Waals surface area contributed by atoms with E-state index in [1.807, 2.05) is 57.0 Å². The topological polar surface area (TPSA) is 61.4 Å². The van der Waals surface area contributed by atoms with Gasteiger partial charge in [-0.25, -0.2) is 0 Å². The predicted octanol–water partition coefficient (Wildman–Crippen LogP) is 2.42. The van der Waals surface area contributed by atoms with Crippen molar-refractivity contribution in [2.45, 2.75) is 40.2 Å². The highest BCUT2D eigenvalue weighted by Crippen LogP contribution is 2.19. The van der Waals surface area contributed by atoms with E-state index in [4.69, 9.17) is 0 Å². The molecule has 5 heteroatoms. The van der Waals surface area contributed by atoms with Crippen LogP contribution in [0.2, 0.25) is 0 Å². The molecule has 0 aliphatic carbocycles. The van der Waals surface area contributed by atoms with Crippen molar-refractivity contribution < 1.29 is 9.59 Å². The van der Waals surface area contributed by atoms with Crippen LogP contribution in [0.15, 0.2) is 24.3 Å². The van der Waals surface area contributed by atoms with E-state index < -0.39 is 5.41 Å². The second kappa shape index (κ2) is 8.48. The van der Waals surface area contributed by atoms with Crippen molar-refractivity contribution in [2.75, 3.05) is 26.7 Å². The Kier molecular flexibility index (Phi) is 6.59. The van der Waals surface area contributed by atoms with Gasteiger partial charge in [0.1, 0.15) is 0 Å². The average Bonchev–Trinajstić information content (AvgIpc) is 2.59. The Labute approximate surface area is 151 Å². The number of hydrogen-bond donors (Lipinski definition) is 2. The summed E-state index contributed by atoms with van der Waals surface area (Å²) in [6.45, 7) is 8.84. The zero-order valence-electron chi connectivity index (χ0n) is 15.9. The van der Waals surface area contributed by atoms with E-state index in [1.165, 1.54) is 0 Å². The van der Waals surface area contributed by atoms with Crippen LogP contribution in [0.4, 0.5) is 0 Å². The van der Waals surface area contributed by atoms with Gasteiger partial charge in [0.2, 0.25) is 5.91 Å². The van der Waals surface area contributed by atoms with Crippen LogP contribution in [-0.2, 0) is 11.3 Å². The third-order valence-corrected chi connectivity index (χ3v) is 4.73. The Hall–Kier alpha value is -1.88. The summed E-state index contributed by atoms with van der Waals surface area (Å²) in [7, 11) is 1.98. The van der Waals surface area contributed by atoms with Gasteiger partial charge in [0.15, 0.2) is 0 Å². The van der Waals surface area contributed by atoms with Gasteiger partial charge in [0.25, 0.3) is 5.91 Å². The molecule has 1 aromatic carbocycles. The molecule has 138 valence electrons. The lowest BCUT2D eigenvalue weighted by Gasteiger charge is -2.32. The van der Waals surface area contributed by atoms with Gasteiger partial charge in [0.05, 0.1) is 0 Å². The Morgan fingerprint density at radius 2 is 1.72 bits per heavy atom. The molecule has 0 aromatic heterocycles. The first-order valence-corrected chi connectivity index (χ1v) is 9.12. The van der Waals surface area contributed by atoms with Gasteiger partial charge in [0, 0.05) is 30.6 Å². The molecule has 1 aliphatic heterocycles. The molecule has 2 N–H and O–H groups in total. The number of nitrogens with one attached hydrogen (secondary N) is 2. The van der Waals surface area contributed by atoms with Crippen LogP contribution in [0.5, 0.6) is 0 Å². The fourth-order valence-corrected chi connectivity index (χ4v) is 3.02. The molecule has 0 radical (unpaired) electrons. The van der Waals surface area contributed by atoms with E-state index in [0.717, 1.165) is 43.6 Å². The van der Waals surface area contributed by atoms with Gasteiger partial charge in [-0.3, -0.25) is 9.59 Å². The van der Waals surface area contributed by atoms with Crippen LogP contribution >= 0.6 is 0 Å². The highest BCUT2D eigenvalue weighted by atomic mass is 16.2. The first-order chi connectivity index (χ1) is 11.8. The molecule has 1 aromatic rings. The van der Waals surface area contributed by atoms with Crippen LogP contribution in [0.1, 0.15) is 49.5 Å². The molecule has 0 bridgehead atoms. The van der Waals surface area contributed by atoms with Crippen molar-refractivity contribution in [3.63, 3.8) is 0 Å². The largest absolute Gasteiger partial charge is 0.352 e. The normalized spacial score (nSPS) is 15.9. The predicted molar refractivity (Wildman–Crippen MR) is 100 cm³/mol. The number of amides is 2. The first-order valence-electron chi connectivity index (χ1n) is 9.12. The lowest BCUT2D eigenvalue weighted by atomic mass is 9.95. The Bertz CT molecular complexity index is 582. The molecule has 0 unspecified atom stereocenters. The summed E-state index contributed by atoms with van der Waals surface area (Å²) in [6, 6.07) is 7.56. The summed E-state index contributed by atoms with van der Waals surface area (Å²) in [6.07, 6.45) is 2.12. The van der Waals surface area contributed by atoms with E-state index in [0.29, 0.717) is 12.5 Å². The van der Waals surface area contributed by atoms with Gasteiger partial charge in [-0.1, -0.05) is 32.9 Å². The van der Waals surface area contributed by atoms with Crippen molar-refractivity contribution in [1.82, 2.24) is 15.5 Å². The maximum absolute atomic E-state index is 12.6. The van der Waals surface area contributed by atoms with Crippen molar-refractivity contribution in [2.24, 2.45) is 11.3 Å². The van der Waals surface area contributed by atoms with Gasteiger partial charge in [-0.2, -0.15) is 0 Å². The van der Waals surface area contributed by atoms with E-state index in [1.54, 1.807) is 0 Å². The summed E-state index contributed by atoms with van der Waals surface area (Å²) >= 11 is 0. The molecule has 2 rings (SSSR count). The Morgan fingerprint density at radius 1 is 1.12 bits per heavy atom. The number of hydrogen-bond acceptors (Lipinski definition) is 3. The summed E-state index contributed by atoms with van der Waals surface area (Å²) in [4.78, 5) is 26.5. The van der Waals surface area contributed by atoms with E-state index in [9.17, 15) is 9.59 Å². The molecule has 2 amide bonds. The van der Waals surface area contributed by atoms with E-state index in [2.05, 4.69) is 10.6 Å². The fraction of sp³-hybridized carbons (Fsp3) is 0.600. The minimum absolute atomic E-state index is 0.0251. The van der Waals surface area contributed by atoms with Crippen LogP contribution in [0, 0.1) is 11.3 Å². The van der Waals surface area contributed by atoms with E-state index >= 15 is 0 Å². The standard InChI is InChI=1S/C20H31N3O2/c1-20(2,3)19(25)22-14-15-5-7-17(8-6-15)18(24)23-11-9-16(10-12-23)13-21-4/h5-8,16,21H,9-14H2,1-4H3,(H,22,25). The molecule has 5 nitrogen and oxygen atoms in total. The van der Waals surface area contributed by atoms with Gasteiger partial charge in [-0.15, -0.1) is 0 Å². The summed E-state index contributed by atoms with van der Waals surface area (Å²) in [5, 5.41) is 6.14. The monoisotopic (exact) mass is 345 g/mol. The van der Waals surface area contributed by atoms with Crippen molar-refractivity contribution in [3.05, 3.63) is 35.4 Å². The van der Waals surface area contributed by atoms with Gasteiger partial charge >= 0.3 is 0 Å². The highest BCUT2D eigenvalue weighted by molar-refractivity contribution is 5.94. The third kappa shape index (κ3) is 5.56. The van der Waals surface area contributed by atoms with Crippen molar-refractivity contribution in [3.8, 4) is 0 Å². The van der Waals surface area contributed by atoms with Crippen LogP contribution < -0.4 is 10.6 Å². The molecule has 0 atom stereocenters. The molecule has 1 saturated heterocycles. The summed E-state index contributed by atoms with van der Waals surface area (Å²) in [5.74, 6) is 0.799. The Balaban J connectivity index is 1.87. The molecule has 1 aliphatic rings. The van der Waals surface area contributed by atoms with E-state index in [-0.39, 0.29) is 11.8 Å². The van der Waals surface area contributed by atoms with Crippen LogP contribution in [-0.4, -0.2) is 43.4 Å². The van der Waals surface area contributed by atoms with Gasteiger partial charge in [-0.05, 0) is 50.0 Å². The molecular weight excluding hydrogens is 314 g/mol. The number of piperidine rings is 1. The number of rotatable bonds is 5. The fourth-order valence-electron chi connectivity index (χ4n) is 3.02. The van der Waals surface area contributed by atoms with Crippen molar-refractivity contribution in [1.29, 1.82) is 0 Å². The molecule has 0 saturated carbocycles. The third-order valence-electron chi connectivity index (χ3n) is 4.73. The first kappa shape index (κ1) is 19.4. The number of nitrogens with zero attached hydrogens (tertiary/aromatic N) is 1. The molecule has 0 spiro atoms. The van der Waals surface area contributed by atoms with Crippen molar-refractivity contribution >= 4 is 11.8 Å². The average molecular weight is 345 g/mol. The lowest BCUT2D eigenvalue weighted by molar-refractivity contribution is -0.128. The molecule has 1 fully saturated rings. The summed E-state index contributed by atoms with van der Waals surface area (Å²) in [5.41, 5.74) is 1.33. The second-order valence-electron chi connectivity index (χ2n) is 7.92. The number of carbonyl (C=O) groups is 2. The SMILES string of the molecule is CNCC1CCN(C(=O)c2ccc(CNC(=O)C(C)(C)C)cc2)CC1. The maximum atomic E-state index is 12.6. The Morgan fingerprint density at radius 3 is 2.24 bits per heavy atom. The summed E-state index contributed by atoms with van der Waals surface area (Å²) < 4.78 is 0. The minimum Gasteiger partial charge on any atom is -0.352 e. The highest BCUT2D eigenvalue weighted by Gasteiger charge is 2.23. The molecule has 25 heavy (non-hydrogen) atoms. The lowest BCUT2D eigenvalue weighted by Crippen LogP contribution is -2.40. The number of carbonyl (C=O) groups excluding carboxylic acids is 2.